The summed E-state index contributed by atoms with van der Waals surface area (Å²) in [5.74, 6) is 1.33. The van der Waals surface area contributed by atoms with Gasteiger partial charge in [-0.3, -0.25) is 9.36 Å². The number of aromatic nitrogens is 4. The van der Waals surface area contributed by atoms with Crippen molar-refractivity contribution in [1.29, 1.82) is 0 Å². The molecule has 1 atom stereocenters. The lowest BCUT2D eigenvalue weighted by Gasteiger charge is -2.47. The Morgan fingerprint density at radius 3 is 2.70 bits per heavy atom. The zero-order valence-corrected chi connectivity index (χ0v) is 17.0. The molecule has 7 nitrogen and oxygen atoms in total. The van der Waals surface area contributed by atoms with Gasteiger partial charge in [0.25, 0.3) is 0 Å². The molecule has 1 amide bonds. The van der Waals surface area contributed by atoms with E-state index in [1.54, 1.807) is 53.3 Å². The molecule has 2 aliphatic rings. The van der Waals surface area contributed by atoms with E-state index in [1.807, 2.05) is 6.92 Å². The zero-order chi connectivity index (χ0) is 20.8. The number of benzene rings is 1. The minimum atomic E-state index is -0.351. The highest BCUT2D eigenvalue weighted by atomic mass is 19.1. The molecule has 1 fully saturated rings. The third-order valence-electron chi connectivity index (χ3n) is 6.12. The quantitative estimate of drug-likeness (QED) is 0.663. The van der Waals surface area contributed by atoms with Gasteiger partial charge in [0.05, 0.1) is 11.8 Å². The SMILES string of the molecule is CC[C@@H]1C(=O)N(C)c2cnc(-n3ccnc3-c3ccccc3F)nc2N1C1CCC1. The summed E-state index contributed by atoms with van der Waals surface area (Å²) in [6.07, 6.45) is 9.00. The van der Waals surface area contributed by atoms with Gasteiger partial charge in [-0.15, -0.1) is 0 Å². The fourth-order valence-corrected chi connectivity index (χ4v) is 4.28. The maximum atomic E-state index is 14.4. The van der Waals surface area contributed by atoms with Crippen LogP contribution in [0.4, 0.5) is 15.9 Å². The standard InChI is InChI=1S/C22H23FN6O/c1-3-17-21(30)27(2)18-13-25-22(26-20(18)29(17)14-7-6-8-14)28-12-11-24-19(28)15-9-4-5-10-16(15)23/h4-5,9-14,17H,3,6-8H2,1-2H3/t17-/m1/s1. The topological polar surface area (TPSA) is 67.2 Å². The first-order chi connectivity index (χ1) is 14.6. The van der Waals surface area contributed by atoms with E-state index >= 15 is 0 Å². The lowest BCUT2D eigenvalue weighted by Crippen LogP contribution is -2.57. The van der Waals surface area contributed by atoms with E-state index in [-0.39, 0.29) is 17.8 Å². The second-order valence-electron chi connectivity index (χ2n) is 7.79. The van der Waals surface area contributed by atoms with Gasteiger partial charge < -0.3 is 9.80 Å². The average molecular weight is 406 g/mol. The van der Waals surface area contributed by atoms with Crippen LogP contribution >= 0.6 is 0 Å². The summed E-state index contributed by atoms with van der Waals surface area (Å²) in [7, 11) is 1.77. The minimum absolute atomic E-state index is 0.0722. The summed E-state index contributed by atoms with van der Waals surface area (Å²) in [5.41, 5.74) is 1.09. The normalized spacial score (nSPS) is 19.0. The number of halogens is 1. The number of carbonyl (C=O) groups is 1. The fourth-order valence-electron chi connectivity index (χ4n) is 4.28. The van der Waals surface area contributed by atoms with Gasteiger partial charge in [-0.2, -0.15) is 4.98 Å². The first-order valence-corrected chi connectivity index (χ1v) is 10.3. The summed E-state index contributed by atoms with van der Waals surface area (Å²) in [6.45, 7) is 2.03. The number of fused-ring (bicyclic) bond motifs is 1. The Hall–Kier alpha value is -3.29. The van der Waals surface area contributed by atoms with Crippen molar-refractivity contribution in [1.82, 2.24) is 19.5 Å². The van der Waals surface area contributed by atoms with Crippen LogP contribution in [0.15, 0.2) is 42.9 Å². The van der Waals surface area contributed by atoms with Crippen LogP contribution in [-0.2, 0) is 4.79 Å². The summed E-state index contributed by atoms with van der Waals surface area (Å²) in [5, 5.41) is 0. The number of nitrogens with zero attached hydrogens (tertiary/aromatic N) is 6. The van der Waals surface area contributed by atoms with Crippen molar-refractivity contribution in [3.05, 3.63) is 48.7 Å². The maximum absolute atomic E-state index is 14.4. The highest BCUT2D eigenvalue weighted by Crippen LogP contribution is 2.40. The first-order valence-electron chi connectivity index (χ1n) is 10.3. The molecule has 0 radical (unpaired) electrons. The predicted octanol–water partition coefficient (Wildman–Crippen LogP) is 3.58. The van der Waals surface area contributed by atoms with Crippen LogP contribution in [0.25, 0.3) is 17.3 Å². The third kappa shape index (κ3) is 2.78. The number of hydrogen-bond acceptors (Lipinski definition) is 5. The van der Waals surface area contributed by atoms with Crippen molar-refractivity contribution in [2.24, 2.45) is 0 Å². The molecule has 1 aliphatic heterocycles. The van der Waals surface area contributed by atoms with Gasteiger partial charge in [0.1, 0.15) is 23.4 Å². The van der Waals surface area contributed by atoms with Crippen LogP contribution in [0, 0.1) is 5.82 Å². The summed E-state index contributed by atoms with van der Waals surface area (Å²) < 4.78 is 16.1. The Labute approximate surface area is 174 Å². The first kappa shape index (κ1) is 18.7. The van der Waals surface area contributed by atoms with Crippen molar-refractivity contribution in [2.75, 3.05) is 16.8 Å². The van der Waals surface area contributed by atoms with E-state index in [0.717, 1.165) is 25.1 Å². The molecule has 1 aromatic carbocycles. The van der Waals surface area contributed by atoms with Crippen LogP contribution in [-0.4, -0.2) is 44.6 Å². The summed E-state index contributed by atoms with van der Waals surface area (Å²) in [6, 6.07) is 6.60. The summed E-state index contributed by atoms with van der Waals surface area (Å²) >= 11 is 0. The number of carbonyl (C=O) groups excluding carboxylic acids is 1. The minimum Gasteiger partial charge on any atom is -0.340 e. The molecule has 0 saturated heterocycles. The Morgan fingerprint density at radius 2 is 2.00 bits per heavy atom. The molecule has 1 saturated carbocycles. The number of imidazole rings is 1. The molecule has 154 valence electrons. The lowest BCUT2D eigenvalue weighted by atomic mass is 9.88. The molecule has 3 heterocycles. The molecular weight excluding hydrogens is 383 g/mol. The van der Waals surface area contributed by atoms with Crippen LogP contribution in [0.1, 0.15) is 32.6 Å². The largest absolute Gasteiger partial charge is 0.340 e. The van der Waals surface area contributed by atoms with Crippen LogP contribution in [0.2, 0.25) is 0 Å². The van der Waals surface area contributed by atoms with E-state index in [0.29, 0.717) is 35.5 Å². The number of rotatable bonds is 4. The predicted molar refractivity (Wildman–Crippen MR) is 112 cm³/mol. The van der Waals surface area contributed by atoms with E-state index in [1.165, 1.54) is 6.07 Å². The fraction of sp³-hybridized carbons (Fsp3) is 0.364. The molecule has 0 unspecified atom stereocenters. The van der Waals surface area contributed by atoms with Gasteiger partial charge in [0.2, 0.25) is 11.9 Å². The number of hydrogen-bond donors (Lipinski definition) is 0. The molecule has 0 N–H and O–H groups in total. The number of anilines is 2. The molecule has 5 rings (SSSR count). The van der Waals surface area contributed by atoms with Gasteiger partial charge in [-0.1, -0.05) is 19.1 Å². The van der Waals surface area contributed by atoms with Gasteiger partial charge in [0, 0.05) is 25.5 Å². The zero-order valence-electron chi connectivity index (χ0n) is 17.0. The Balaban J connectivity index is 1.64. The smallest absolute Gasteiger partial charge is 0.249 e. The highest BCUT2D eigenvalue weighted by Gasteiger charge is 2.42. The number of likely N-dealkylation sites (N-methyl/N-ethyl adjacent to an activating group) is 1. The van der Waals surface area contributed by atoms with Gasteiger partial charge in [0.15, 0.2) is 5.82 Å². The molecule has 2 aromatic heterocycles. The van der Waals surface area contributed by atoms with Crippen LogP contribution < -0.4 is 9.80 Å². The van der Waals surface area contributed by atoms with Gasteiger partial charge in [-0.25, -0.2) is 14.4 Å². The van der Waals surface area contributed by atoms with Gasteiger partial charge >= 0.3 is 0 Å². The molecule has 0 bridgehead atoms. The van der Waals surface area contributed by atoms with Gasteiger partial charge in [-0.05, 0) is 37.8 Å². The maximum Gasteiger partial charge on any atom is 0.249 e. The van der Waals surface area contributed by atoms with Crippen molar-refractivity contribution in [3.8, 4) is 17.3 Å². The van der Waals surface area contributed by atoms with Crippen molar-refractivity contribution in [2.45, 2.75) is 44.7 Å². The highest BCUT2D eigenvalue weighted by molar-refractivity contribution is 6.04. The van der Waals surface area contributed by atoms with E-state index in [9.17, 15) is 9.18 Å². The average Bonchev–Trinajstić information content (AvgIpc) is 3.20. The Bertz CT molecular complexity index is 1110. The third-order valence-corrected chi connectivity index (χ3v) is 6.12. The number of amides is 1. The van der Waals surface area contributed by atoms with E-state index in [2.05, 4.69) is 14.9 Å². The van der Waals surface area contributed by atoms with Crippen LogP contribution in [0.5, 0.6) is 0 Å². The van der Waals surface area contributed by atoms with Crippen molar-refractivity contribution >= 4 is 17.4 Å². The lowest BCUT2D eigenvalue weighted by molar-refractivity contribution is -0.120. The molecule has 8 heteroatoms. The Kier molecular flexibility index (Phi) is 4.49. The van der Waals surface area contributed by atoms with Crippen LogP contribution in [0.3, 0.4) is 0 Å². The van der Waals surface area contributed by atoms with E-state index in [4.69, 9.17) is 4.98 Å². The van der Waals surface area contributed by atoms with Crippen molar-refractivity contribution in [3.63, 3.8) is 0 Å². The molecule has 3 aromatic rings. The molecule has 0 spiro atoms. The summed E-state index contributed by atoms with van der Waals surface area (Å²) in [4.78, 5) is 30.4. The second-order valence-corrected chi connectivity index (χ2v) is 7.79. The molecule has 1 aliphatic carbocycles. The van der Waals surface area contributed by atoms with E-state index < -0.39 is 0 Å². The van der Waals surface area contributed by atoms with Crippen molar-refractivity contribution < 1.29 is 9.18 Å². The monoisotopic (exact) mass is 406 g/mol. The second kappa shape index (κ2) is 7.19. The Morgan fingerprint density at radius 1 is 1.20 bits per heavy atom. The molecular formula is C22H23FN6O. The molecule has 30 heavy (non-hydrogen) atoms.